The smallest absolute Gasteiger partial charge is 0.257 e. The number of amides is 1. The molecule has 1 amide bonds. The number of unbranched alkanes of at least 4 members (excludes halogenated alkanes) is 1. The van der Waals surface area contributed by atoms with Crippen molar-refractivity contribution < 1.29 is 19.4 Å². The van der Waals surface area contributed by atoms with Gasteiger partial charge in [0.15, 0.2) is 5.11 Å². The van der Waals surface area contributed by atoms with E-state index in [1.54, 1.807) is 36.4 Å². The lowest BCUT2D eigenvalue weighted by Crippen LogP contribution is -2.34. The summed E-state index contributed by atoms with van der Waals surface area (Å²) in [7, 11) is 0. The van der Waals surface area contributed by atoms with E-state index in [9.17, 15) is 14.7 Å². The summed E-state index contributed by atoms with van der Waals surface area (Å²) >= 11 is 5.09. The van der Waals surface area contributed by atoms with Crippen LogP contribution in [0.2, 0.25) is 0 Å². The summed E-state index contributed by atoms with van der Waals surface area (Å²) in [6, 6.07) is 12.7. The van der Waals surface area contributed by atoms with Gasteiger partial charge in [-0.2, -0.15) is 0 Å². The minimum Gasteiger partial charge on any atom is -0.545 e. The van der Waals surface area contributed by atoms with E-state index >= 15 is 0 Å². The second kappa shape index (κ2) is 9.53. The molecular weight excluding hydrogens is 352 g/mol. The van der Waals surface area contributed by atoms with Crippen LogP contribution < -0.4 is 20.5 Å². The summed E-state index contributed by atoms with van der Waals surface area (Å²) in [5, 5.41) is 16.2. The van der Waals surface area contributed by atoms with Gasteiger partial charge in [0.05, 0.1) is 12.6 Å². The first kappa shape index (κ1) is 19.4. The highest BCUT2D eigenvalue weighted by Crippen LogP contribution is 2.13. The van der Waals surface area contributed by atoms with Crippen LogP contribution in [-0.4, -0.2) is 23.6 Å². The highest BCUT2D eigenvalue weighted by atomic mass is 32.1. The third-order valence-corrected chi connectivity index (χ3v) is 3.67. The minimum atomic E-state index is -1.29. The van der Waals surface area contributed by atoms with Crippen molar-refractivity contribution in [1.82, 2.24) is 5.32 Å². The van der Waals surface area contributed by atoms with E-state index in [2.05, 4.69) is 17.6 Å². The fraction of sp³-hybridized carbons (Fsp3) is 0.211. The number of hydrogen-bond donors (Lipinski definition) is 2. The van der Waals surface area contributed by atoms with Crippen LogP contribution in [0, 0.1) is 0 Å². The predicted molar refractivity (Wildman–Crippen MR) is 101 cm³/mol. The third-order valence-electron chi connectivity index (χ3n) is 3.47. The summed E-state index contributed by atoms with van der Waals surface area (Å²) in [6.07, 6.45) is 2.03. The zero-order valence-corrected chi connectivity index (χ0v) is 15.1. The maximum Gasteiger partial charge on any atom is 0.257 e. The molecule has 0 aromatic heterocycles. The maximum absolute atomic E-state index is 12.2. The molecule has 0 saturated carbocycles. The molecule has 0 spiro atoms. The molecule has 136 valence electrons. The molecule has 6 nitrogen and oxygen atoms in total. The molecular formula is C19H19N2O4S-. The number of anilines is 1. The van der Waals surface area contributed by atoms with Gasteiger partial charge in [-0.25, -0.2) is 0 Å². The van der Waals surface area contributed by atoms with Crippen molar-refractivity contribution in [1.29, 1.82) is 0 Å². The number of nitrogens with one attached hydrogen (secondary N) is 2. The summed E-state index contributed by atoms with van der Waals surface area (Å²) in [4.78, 5) is 23.1. The molecule has 0 aliphatic carbocycles. The highest BCUT2D eigenvalue weighted by Gasteiger charge is 2.08. The molecule has 0 bridgehead atoms. The standard InChI is InChI=1S/C19H20N2O4S/c1-2-3-11-25-16-9-7-13(8-10-16)17(22)21-19(26)20-15-6-4-5-14(12-15)18(23)24/h4-10,12H,2-3,11H2,1H3,(H,23,24)(H2,20,21,22,26)/p-1. The van der Waals surface area contributed by atoms with E-state index in [1.165, 1.54) is 12.1 Å². The molecule has 0 saturated heterocycles. The van der Waals surface area contributed by atoms with Crippen LogP contribution in [0.4, 0.5) is 5.69 Å². The SMILES string of the molecule is CCCCOc1ccc(C(=O)NC(=S)Nc2cccc(C(=O)[O-])c2)cc1. The maximum atomic E-state index is 12.2. The molecule has 0 aliphatic rings. The Balaban J connectivity index is 1.91. The summed E-state index contributed by atoms with van der Waals surface area (Å²) in [6.45, 7) is 2.73. The molecule has 0 aliphatic heterocycles. The molecule has 0 radical (unpaired) electrons. The van der Waals surface area contributed by atoms with Gasteiger partial charge in [0.1, 0.15) is 5.75 Å². The molecule has 2 aromatic rings. The molecule has 0 unspecified atom stereocenters. The van der Waals surface area contributed by atoms with E-state index in [0.29, 0.717) is 23.6 Å². The average Bonchev–Trinajstić information content (AvgIpc) is 2.62. The van der Waals surface area contributed by atoms with Crippen LogP contribution in [0.25, 0.3) is 0 Å². The Kier molecular flexibility index (Phi) is 7.11. The van der Waals surface area contributed by atoms with E-state index in [1.807, 2.05) is 0 Å². The summed E-state index contributed by atoms with van der Waals surface area (Å²) < 4.78 is 5.55. The Morgan fingerprint density at radius 1 is 1.12 bits per heavy atom. The second-order valence-corrected chi connectivity index (χ2v) is 5.91. The molecule has 2 rings (SSSR count). The summed E-state index contributed by atoms with van der Waals surface area (Å²) in [5.74, 6) is -0.960. The van der Waals surface area contributed by atoms with E-state index in [4.69, 9.17) is 17.0 Å². The largest absolute Gasteiger partial charge is 0.545 e. The van der Waals surface area contributed by atoms with Gasteiger partial charge in [-0.15, -0.1) is 0 Å². The van der Waals surface area contributed by atoms with Gasteiger partial charge < -0.3 is 20.0 Å². The van der Waals surface area contributed by atoms with Crippen molar-refractivity contribution in [3.8, 4) is 5.75 Å². The Labute approximate surface area is 157 Å². The van der Waals surface area contributed by atoms with Crippen LogP contribution in [0.1, 0.15) is 40.5 Å². The number of hydrogen-bond acceptors (Lipinski definition) is 5. The van der Waals surface area contributed by atoms with Crippen molar-refractivity contribution in [2.24, 2.45) is 0 Å². The predicted octanol–water partition coefficient (Wildman–Crippen LogP) is 2.36. The van der Waals surface area contributed by atoms with Crippen molar-refractivity contribution in [2.45, 2.75) is 19.8 Å². The first-order valence-corrected chi connectivity index (χ1v) is 8.57. The van der Waals surface area contributed by atoms with Crippen molar-refractivity contribution in [3.63, 3.8) is 0 Å². The molecule has 0 fully saturated rings. The Bertz CT molecular complexity index is 790. The van der Waals surface area contributed by atoms with Gasteiger partial charge in [0, 0.05) is 11.3 Å². The topological polar surface area (TPSA) is 90.5 Å². The van der Waals surface area contributed by atoms with Crippen LogP contribution in [0.3, 0.4) is 0 Å². The number of carboxylic acid groups (broad SMARTS) is 1. The monoisotopic (exact) mass is 371 g/mol. The molecule has 2 aromatic carbocycles. The minimum absolute atomic E-state index is 0.0165. The number of thiocarbonyl (C=S) groups is 1. The Morgan fingerprint density at radius 3 is 2.50 bits per heavy atom. The molecule has 0 atom stereocenters. The van der Waals surface area contributed by atoms with Crippen LogP contribution in [-0.2, 0) is 0 Å². The van der Waals surface area contributed by atoms with Crippen LogP contribution >= 0.6 is 12.2 Å². The van der Waals surface area contributed by atoms with Gasteiger partial charge in [-0.1, -0.05) is 25.5 Å². The summed E-state index contributed by atoms with van der Waals surface area (Å²) in [5.41, 5.74) is 0.889. The number of carbonyl (C=O) groups is 2. The second-order valence-electron chi connectivity index (χ2n) is 5.50. The fourth-order valence-electron chi connectivity index (χ4n) is 2.10. The van der Waals surface area contributed by atoms with Crippen LogP contribution in [0.5, 0.6) is 5.75 Å². The average molecular weight is 371 g/mol. The number of ether oxygens (including phenoxy) is 1. The molecule has 26 heavy (non-hydrogen) atoms. The van der Waals surface area contributed by atoms with Gasteiger partial charge in [-0.05, 0) is 60.6 Å². The number of aromatic carboxylic acids is 1. The van der Waals surface area contributed by atoms with E-state index < -0.39 is 5.97 Å². The van der Waals surface area contributed by atoms with Crippen molar-refractivity contribution >= 4 is 34.9 Å². The first-order valence-electron chi connectivity index (χ1n) is 8.16. The van der Waals surface area contributed by atoms with Gasteiger partial charge >= 0.3 is 0 Å². The Morgan fingerprint density at radius 2 is 1.85 bits per heavy atom. The molecule has 2 N–H and O–H groups in total. The molecule has 0 heterocycles. The number of carboxylic acids is 1. The highest BCUT2D eigenvalue weighted by molar-refractivity contribution is 7.80. The zero-order valence-electron chi connectivity index (χ0n) is 14.3. The van der Waals surface area contributed by atoms with E-state index in [-0.39, 0.29) is 16.6 Å². The lowest BCUT2D eigenvalue weighted by molar-refractivity contribution is -0.255. The number of carbonyl (C=O) groups excluding carboxylic acids is 2. The Hall–Kier alpha value is -2.93. The lowest BCUT2D eigenvalue weighted by Gasteiger charge is -2.11. The van der Waals surface area contributed by atoms with Gasteiger partial charge in [0.25, 0.3) is 5.91 Å². The molecule has 7 heteroatoms. The quantitative estimate of drug-likeness (QED) is 0.574. The van der Waals surface area contributed by atoms with Crippen molar-refractivity contribution in [2.75, 3.05) is 11.9 Å². The number of benzene rings is 2. The van der Waals surface area contributed by atoms with Gasteiger partial charge in [0.2, 0.25) is 0 Å². The number of rotatable bonds is 7. The lowest BCUT2D eigenvalue weighted by atomic mass is 10.2. The first-order chi connectivity index (χ1) is 12.5. The van der Waals surface area contributed by atoms with Gasteiger partial charge in [-0.3, -0.25) is 10.1 Å². The van der Waals surface area contributed by atoms with Crippen LogP contribution in [0.15, 0.2) is 48.5 Å². The van der Waals surface area contributed by atoms with E-state index in [0.717, 1.165) is 12.8 Å². The fourth-order valence-corrected chi connectivity index (χ4v) is 2.31. The normalized spacial score (nSPS) is 10.0. The zero-order chi connectivity index (χ0) is 18.9. The van der Waals surface area contributed by atoms with Crippen molar-refractivity contribution in [3.05, 3.63) is 59.7 Å². The third kappa shape index (κ3) is 5.86.